The van der Waals surface area contributed by atoms with E-state index in [1.54, 1.807) is 18.2 Å². The Hall–Kier alpha value is -4.60. The number of para-hydroxylation sites is 1. The third kappa shape index (κ3) is 9.71. The minimum absolute atomic E-state index is 0.261. The largest absolute Gasteiger partial charge is 0.491 e. The van der Waals surface area contributed by atoms with Crippen LogP contribution in [0.5, 0.6) is 11.5 Å². The molecule has 0 amide bonds. The van der Waals surface area contributed by atoms with E-state index in [1.807, 2.05) is 53.2 Å². The summed E-state index contributed by atoms with van der Waals surface area (Å²) in [6, 6.07) is 20.9. The molecular formula is C35H37N5O7S. The minimum Gasteiger partial charge on any atom is -0.491 e. The van der Waals surface area contributed by atoms with Gasteiger partial charge in [-0.05, 0) is 35.5 Å². The summed E-state index contributed by atoms with van der Waals surface area (Å²) >= 11 is 1.03. The van der Waals surface area contributed by atoms with Crippen LogP contribution < -0.4 is 14.5 Å². The van der Waals surface area contributed by atoms with Crippen LogP contribution in [0, 0.1) is 23.0 Å². The zero-order chi connectivity index (χ0) is 33.4. The highest BCUT2D eigenvalue weighted by molar-refractivity contribution is 8.03. The number of benzene rings is 3. The van der Waals surface area contributed by atoms with Gasteiger partial charge in [-0.25, -0.2) is 4.68 Å². The molecule has 0 bridgehead atoms. The molecule has 250 valence electrons. The lowest BCUT2D eigenvalue weighted by Gasteiger charge is -2.24. The van der Waals surface area contributed by atoms with Gasteiger partial charge in [-0.2, -0.15) is 5.26 Å². The van der Waals surface area contributed by atoms with Crippen LogP contribution in [0.25, 0.3) is 22.5 Å². The number of thiocyanates is 1. The predicted molar refractivity (Wildman–Crippen MR) is 180 cm³/mol. The number of thioether (sulfide) groups is 1. The molecule has 0 spiro atoms. The highest BCUT2D eigenvalue weighted by Crippen LogP contribution is 2.40. The maximum atomic E-state index is 10.8. The second kappa shape index (κ2) is 18.7. The molecule has 1 aliphatic rings. The molecule has 0 saturated carbocycles. The summed E-state index contributed by atoms with van der Waals surface area (Å²) in [5, 5.41) is 32.2. The zero-order valence-corrected chi connectivity index (χ0v) is 27.3. The predicted octanol–water partition coefficient (Wildman–Crippen LogP) is 5.05. The molecule has 0 aliphatic carbocycles. The monoisotopic (exact) mass is 671 g/mol. The zero-order valence-electron chi connectivity index (χ0n) is 26.5. The maximum absolute atomic E-state index is 10.8. The van der Waals surface area contributed by atoms with E-state index < -0.39 is 0 Å². The van der Waals surface area contributed by atoms with Crippen molar-refractivity contribution in [1.29, 1.82) is 5.26 Å². The standard InChI is InChI=1S/C35H37N5O7S/c1-2-12-42-14-16-44-18-20-46-28-22-29(24-30(23-28)48-26-36)47-21-19-45-17-15-43-13-11-39-35-31-8-4-3-7-27(31)25-40(41)33-10-6-5-9-32(33)34(35)37-38-39/h1,3-10,22-24,41H,11-21,25H2. The number of fused-ring (bicyclic) bond motifs is 5. The van der Waals surface area contributed by atoms with Gasteiger partial charge in [0, 0.05) is 22.1 Å². The first kappa shape index (κ1) is 34.7. The van der Waals surface area contributed by atoms with E-state index in [0.29, 0.717) is 100 Å². The van der Waals surface area contributed by atoms with Crippen LogP contribution in [0.4, 0.5) is 5.69 Å². The van der Waals surface area contributed by atoms with Gasteiger partial charge in [0.25, 0.3) is 0 Å². The van der Waals surface area contributed by atoms with Crippen LogP contribution in [0.1, 0.15) is 5.56 Å². The second-order valence-corrected chi connectivity index (χ2v) is 11.2. The van der Waals surface area contributed by atoms with Crippen LogP contribution in [-0.4, -0.2) is 86.3 Å². The SMILES string of the molecule is C#CCOCCOCCOc1cc(OCCOCCOCCn2nnc3c2-c2ccccc2CN(O)c2ccccc2-3)cc(SC#N)c1. The Morgan fingerprint density at radius 3 is 2.12 bits per heavy atom. The third-order valence-electron chi connectivity index (χ3n) is 7.15. The molecule has 1 aliphatic heterocycles. The van der Waals surface area contributed by atoms with Crippen molar-refractivity contribution in [2.24, 2.45) is 0 Å². The van der Waals surface area contributed by atoms with Crippen molar-refractivity contribution >= 4 is 17.4 Å². The summed E-state index contributed by atoms with van der Waals surface area (Å²) in [6.45, 7) is 4.56. The molecular weight excluding hydrogens is 634 g/mol. The smallest absolute Gasteiger partial charge is 0.138 e. The van der Waals surface area contributed by atoms with Gasteiger partial charge < -0.3 is 28.4 Å². The summed E-state index contributed by atoms with van der Waals surface area (Å²) in [6.07, 6.45) is 5.14. The lowest BCUT2D eigenvalue weighted by molar-refractivity contribution is 0.0333. The summed E-state index contributed by atoms with van der Waals surface area (Å²) in [5.74, 6) is 3.56. The van der Waals surface area contributed by atoms with Gasteiger partial charge in [-0.1, -0.05) is 53.6 Å². The first-order valence-electron chi connectivity index (χ1n) is 15.5. The summed E-state index contributed by atoms with van der Waals surface area (Å²) in [4.78, 5) is 0.714. The van der Waals surface area contributed by atoms with Crippen molar-refractivity contribution in [3.63, 3.8) is 0 Å². The summed E-state index contributed by atoms with van der Waals surface area (Å²) in [5.41, 5.74) is 5.04. The molecule has 1 N–H and O–H groups in total. The van der Waals surface area contributed by atoms with Crippen molar-refractivity contribution < 1.29 is 33.6 Å². The van der Waals surface area contributed by atoms with Crippen LogP contribution in [0.15, 0.2) is 71.6 Å². The number of aromatic nitrogens is 3. The molecule has 0 fully saturated rings. The summed E-state index contributed by atoms with van der Waals surface area (Å²) in [7, 11) is 0. The summed E-state index contributed by atoms with van der Waals surface area (Å²) < 4.78 is 35.7. The van der Waals surface area contributed by atoms with Crippen LogP contribution in [0.2, 0.25) is 0 Å². The first-order valence-corrected chi connectivity index (χ1v) is 16.3. The van der Waals surface area contributed by atoms with Crippen LogP contribution in [-0.2, 0) is 32.0 Å². The first-order chi connectivity index (χ1) is 23.7. The number of hydroxylamine groups is 1. The molecule has 0 atom stereocenters. The van der Waals surface area contributed by atoms with Crippen LogP contribution >= 0.6 is 11.8 Å². The molecule has 1 aromatic heterocycles. The number of hydrogen-bond acceptors (Lipinski definition) is 12. The Kier molecular flexibility index (Phi) is 13.5. The lowest BCUT2D eigenvalue weighted by Crippen LogP contribution is -2.20. The lowest BCUT2D eigenvalue weighted by atomic mass is 9.96. The quantitative estimate of drug-likeness (QED) is 0.0619. The molecule has 12 nitrogen and oxygen atoms in total. The fourth-order valence-corrected chi connectivity index (χ4v) is 5.49. The average Bonchev–Trinajstić information content (AvgIpc) is 3.51. The van der Waals surface area contributed by atoms with E-state index in [1.165, 1.54) is 5.06 Å². The maximum Gasteiger partial charge on any atom is 0.138 e. The van der Waals surface area contributed by atoms with E-state index in [9.17, 15) is 5.21 Å². The fraction of sp³-hybridized carbons (Fsp3) is 0.343. The molecule has 5 rings (SSSR count). The molecule has 3 aromatic carbocycles. The Labute approximate surface area is 284 Å². The second-order valence-electron chi connectivity index (χ2n) is 10.4. The van der Waals surface area contributed by atoms with Crippen LogP contribution in [0.3, 0.4) is 0 Å². The van der Waals surface area contributed by atoms with Crippen molar-refractivity contribution in [2.45, 2.75) is 18.0 Å². The highest BCUT2D eigenvalue weighted by atomic mass is 32.2. The van der Waals surface area contributed by atoms with E-state index in [0.717, 1.165) is 34.1 Å². The molecule has 48 heavy (non-hydrogen) atoms. The average molecular weight is 672 g/mol. The van der Waals surface area contributed by atoms with Crippen molar-refractivity contribution in [1.82, 2.24) is 15.0 Å². The van der Waals surface area contributed by atoms with E-state index in [-0.39, 0.29) is 6.61 Å². The number of anilines is 1. The number of ether oxygens (including phenoxy) is 6. The minimum atomic E-state index is 0.261. The number of nitrogens with zero attached hydrogens (tertiary/aromatic N) is 5. The van der Waals surface area contributed by atoms with Gasteiger partial charge in [-0.15, -0.1) is 11.5 Å². The van der Waals surface area contributed by atoms with Gasteiger partial charge in [0.05, 0.1) is 70.7 Å². The Morgan fingerprint density at radius 1 is 0.792 bits per heavy atom. The molecule has 4 aromatic rings. The van der Waals surface area contributed by atoms with Crippen molar-refractivity contribution in [3.8, 4) is 51.8 Å². The van der Waals surface area contributed by atoms with Gasteiger partial charge in [0.15, 0.2) is 0 Å². The molecule has 0 saturated heterocycles. The van der Waals surface area contributed by atoms with E-state index in [2.05, 4.69) is 21.6 Å². The molecule has 0 unspecified atom stereocenters. The Balaban J connectivity index is 1.04. The Morgan fingerprint density at radius 2 is 1.42 bits per heavy atom. The van der Waals surface area contributed by atoms with Crippen molar-refractivity contribution in [2.75, 3.05) is 71.1 Å². The van der Waals surface area contributed by atoms with Gasteiger partial charge >= 0.3 is 0 Å². The van der Waals surface area contributed by atoms with E-state index >= 15 is 0 Å². The van der Waals surface area contributed by atoms with Gasteiger partial charge in [-0.3, -0.25) is 10.3 Å². The van der Waals surface area contributed by atoms with Crippen molar-refractivity contribution in [3.05, 3.63) is 72.3 Å². The molecule has 2 heterocycles. The van der Waals surface area contributed by atoms with E-state index in [4.69, 9.17) is 40.1 Å². The Bertz CT molecular complexity index is 1700. The number of nitriles is 1. The normalized spacial score (nSPS) is 11.8. The molecule has 13 heteroatoms. The van der Waals surface area contributed by atoms with Gasteiger partial charge in [0.1, 0.15) is 42.4 Å². The fourth-order valence-electron chi connectivity index (χ4n) is 5.04. The number of rotatable bonds is 19. The number of hydrogen-bond donors (Lipinski definition) is 1. The highest BCUT2D eigenvalue weighted by Gasteiger charge is 2.25. The topological polar surface area (TPSA) is 133 Å². The third-order valence-corrected chi connectivity index (χ3v) is 7.71. The van der Waals surface area contributed by atoms with Gasteiger partial charge in [0.2, 0.25) is 0 Å². The number of terminal acetylenes is 1. The molecule has 0 radical (unpaired) electrons.